The first kappa shape index (κ1) is 17.2. The molecule has 0 aromatic carbocycles. The highest BCUT2D eigenvalue weighted by molar-refractivity contribution is 5.93. The summed E-state index contributed by atoms with van der Waals surface area (Å²) in [7, 11) is 3.64. The van der Waals surface area contributed by atoms with Crippen LogP contribution >= 0.6 is 0 Å². The number of rotatable bonds is 5. The van der Waals surface area contributed by atoms with E-state index in [9.17, 15) is 18.0 Å². The molecule has 1 aromatic heterocycles. The lowest BCUT2D eigenvalue weighted by molar-refractivity contribution is -0.141. The number of hydrogen-bond donors (Lipinski definition) is 2. The van der Waals surface area contributed by atoms with Gasteiger partial charge in [0.05, 0.1) is 0 Å². The van der Waals surface area contributed by atoms with Crippen LogP contribution in [-0.4, -0.2) is 47.1 Å². The van der Waals surface area contributed by atoms with Crippen molar-refractivity contribution in [1.82, 2.24) is 9.88 Å². The van der Waals surface area contributed by atoms with Crippen molar-refractivity contribution in [1.29, 1.82) is 0 Å². The van der Waals surface area contributed by atoms with Gasteiger partial charge in [0.1, 0.15) is 17.1 Å². The van der Waals surface area contributed by atoms with Crippen molar-refractivity contribution in [2.24, 2.45) is 0 Å². The van der Waals surface area contributed by atoms with E-state index in [0.29, 0.717) is 6.07 Å². The van der Waals surface area contributed by atoms with Gasteiger partial charge < -0.3 is 15.3 Å². The first-order chi connectivity index (χ1) is 9.45. The van der Waals surface area contributed by atoms with E-state index < -0.39 is 17.8 Å². The Bertz CT molecular complexity index is 528. The van der Waals surface area contributed by atoms with E-state index >= 15 is 0 Å². The lowest BCUT2D eigenvalue weighted by Gasteiger charge is -2.33. The molecular formula is C13H18F3N3O2. The normalized spacial score (nSPS) is 12.6. The molecule has 5 nitrogen and oxygen atoms in total. The number of carboxylic acid groups (broad SMARTS) is 1. The average Bonchev–Trinajstić information content (AvgIpc) is 2.34. The second-order valence-corrected chi connectivity index (χ2v) is 5.46. The van der Waals surface area contributed by atoms with Crippen LogP contribution in [0.4, 0.5) is 19.0 Å². The molecule has 1 rings (SSSR count). The summed E-state index contributed by atoms with van der Waals surface area (Å²) in [6.07, 6.45) is -4.62. The van der Waals surface area contributed by atoms with Gasteiger partial charge >= 0.3 is 12.1 Å². The summed E-state index contributed by atoms with van der Waals surface area (Å²) in [5.41, 5.74) is -1.80. The zero-order valence-corrected chi connectivity index (χ0v) is 12.2. The Hall–Kier alpha value is -1.83. The minimum absolute atomic E-state index is 0.245. The maximum Gasteiger partial charge on any atom is 0.433 e. The second kappa shape index (κ2) is 5.88. The van der Waals surface area contributed by atoms with Crippen LogP contribution in [0.3, 0.4) is 0 Å². The zero-order valence-electron chi connectivity index (χ0n) is 12.2. The summed E-state index contributed by atoms with van der Waals surface area (Å²) >= 11 is 0. The molecule has 0 spiro atoms. The van der Waals surface area contributed by atoms with E-state index in [1.54, 1.807) is 0 Å². The molecule has 0 aliphatic heterocycles. The van der Waals surface area contributed by atoms with Gasteiger partial charge in [0, 0.05) is 12.1 Å². The number of aromatic carboxylic acids is 1. The Morgan fingerprint density at radius 3 is 2.33 bits per heavy atom. The third-order valence-electron chi connectivity index (χ3n) is 3.32. The minimum Gasteiger partial charge on any atom is -0.478 e. The molecule has 8 heteroatoms. The Kier molecular flexibility index (Phi) is 4.83. The van der Waals surface area contributed by atoms with E-state index in [0.717, 1.165) is 6.07 Å². The van der Waals surface area contributed by atoms with E-state index in [4.69, 9.17) is 5.11 Å². The molecule has 0 atom stereocenters. The third-order valence-corrected chi connectivity index (χ3v) is 3.32. The molecule has 1 aromatic rings. The topological polar surface area (TPSA) is 65.5 Å². The van der Waals surface area contributed by atoms with Crippen molar-refractivity contribution in [3.8, 4) is 0 Å². The first-order valence-electron chi connectivity index (χ1n) is 6.18. The minimum atomic E-state index is -4.62. The molecule has 0 radical (unpaired) electrons. The highest BCUT2D eigenvalue weighted by Gasteiger charge is 2.33. The number of likely N-dealkylation sites (N-methyl/N-ethyl adjacent to an activating group) is 1. The van der Waals surface area contributed by atoms with Crippen LogP contribution in [0.1, 0.15) is 29.9 Å². The summed E-state index contributed by atoms with van der Waals surface area (Å²) in [4.78, 5) is 16.3. The number of aromatic nitrogens is 1. The smallest absolute Gasteiger partial charge is 0.433 e. The van der Waals surface area contributed by atoms with Gasteiger partial charge in [-0.15, -0.1) is 0 Å². The van der Waals surface area contributed by atoms with Crippen LogP contribution in [0.5, 0.6) is 0 Å². The van der Waals surface area contributed by atoms with Crippen LogP contribution in [0.25, 0.3) is 0 Å². The standard InChI is InChI=1S/C13H18F3N3O2/c1-12(2,19(3)4)7-17-10-8(11(20)21)5-6-9(18-10)13(14,15)16/h5-6H,7H2,1-4H3,(H,17,18)(H,20,21). The SMILES string of the molecule is CN(C)C(C)(C)CNc1nc(C(F)(F)F)ccc1C(=O)O. The van der Waals surface area contributed by atoms with E-state index in [-0.39, 0.29) is 23.5 Å². The number of carbonyl (C=O) groups is 1. The molecule has 21 heavy (non-hydrogen) atoms. The van der Waals surface area contributed by atoms with Crippen molar-refractivity contribution in [3.05, 3.63) is 23.4 Å². The number of anilines is 1. The second-order valence-electron chi connectivity index (χ2n) is 5.46. The van der Waals surface area contributed by atoms with Crippen molar-refractivity contribution >= 4 is 11.8 Å². The molecule has 0 aliphatic carbocycles. The lowest BCUT2D eigenvalue weighted by Crippen LogP contribution is -2.44. The van der Waals surface area contributed by atoms with E-state index in [1.165, 1.54) is 0 Å². The molecule has 0 aliphatic rings. The van der Waals surface area contributed by atoms with Gasteiger partial charge in [-0.05, 0) is 40.1 Å². The van der Waals surface area contributed by atoms with Gasteiger partial charge in [-0.3, -0.25) is 0 Å². The fraction of sp³-hybridized carbons (Fsp3) is 0.538. The van der Waals surface area contributed by atoms with Gasteiger partial charge in [0.2, 0.25) is 0 Å². The molecule has 0 amide bonds. The maximum absolute atomic E-state index is 12.7. The quantitative estimate of drug-likeness (QED) is 0.875. The van der Waals surface area contributed by atoms with Gasteiger partial charge in [0.15, 0.2) is 0 Å². The molecule has 1 heterocycles. The van der Waals surface area contributed by atoms with Crippen LogP contribution in [-0.2, 0) is 6.18 Å². The Morgan fingerprint density at radius 2 is 1.90 bits per heavy atom. The van der Waals surface area contributed by atoms with Crippen molar-refractivity contribution in [2.75, 3.05) is 26.0 Å². The average molecular weight is 305 g/mol. The van der Waals surface area contributed by atoms with E-state index in [1.807, 2.05) is 32.8 Å². The number of alkyl halides is 3. The molecule has 2 N–H and O–H groups in total. The van der Waals surface area contributed by atoms with Crippen LogP contribution in [0.15, 0.2) is 12.1 Å². The molecule has 0 saturated heterocycles. The van der Waals surface area contributed by atoms with Crippen molar-refractivity contribution < 1.29 is 23.1 Å². The summed E-state index contributed by atoms with van der Waals surface area (Å²) in [6.45, 7) is 3.98. The first-order valence-corrected chi connectivity index (χ1v) is 6.18. The zero-order chi connectivity index (χ0) is 16.4. The van der Waals surface area contributed by atoms with Crippen LogP contribution < -0.4 is 5.32 Å². The Morgan fingerprint density at radius 1 is 1.33 bits per heavy atom. The summed E-state index contributed by atoms with van der Waals surface area (Å²) in [5, 5.41) is 11.7. The summed E-state index contributed by atoms with van der Waals surface area (Å²) in [6, 6.07) is 1.56. The molecular weight excluding hydrogens is 287 g/mol. The van der Waals surface area contributed by atoms with Gasteiger partial charge in [0.25, 0.3) is 0 Å². The number of pyridine rings is 1. The largest absolute Gasteiger partial charge is 0.478 e. The van der Waals surface area contributed by atoms with Gasteiger partial charge in [-0.25, -0.2) is 9.78 Å². The predicted octanol–water partition coefficient (Wildman–Crippen LogP) is 2.55. The summed E-state index contributed by atoms with van der Waals surface area (Å²) in [5.74, 6) is -1.62. The number of nitrogens with one attached hydrogen (secondary N) is 1. The van der Waals surface area contributed by atoms with Crippen LogP contribution in [0.2, 0.25) is 0 Å². The fourth-order valence-corrected chi connectivity index (χ4v) is 1.38. The lowest BCUT2D eigenvalue weighted by atomic mass is 10.0. The predicted molar refractivity (Wildman–Crippen MR) is 72.5 cm³/mol. The van der Waals surface area contributed by atoms with Crippen LogP contribution in [0, 0.1) is 0 Å². The van der Waals surface area contributed by atoms with Crippen molar-refractivity contribution in [2.45, 2.75) is 25.6 Å². The maximum atomic E-state index is 12.7. The molecule has 0 unspecified atom stereocenters. The van der Waals surface area contributed by atoms with E-state index in [2.05, 4.69) is 10.3 Å². The number of nitrogens with zero attached hydrogens (tertiary/aromatic N) is 2. The van der Waals surface area contributed by atoms with Gasteiger partial charge in [-0.1, -0.05) is 0 Å². The highest BCUT2D eigenvalue weighted by atomic mass is 19.4. The fourth-order valence-electron chi connectivity index (χ4n) is 1.38. The summed E-state index contributed by atoms with van der Waals surface area (Å²) < 4.78 is 38.0. The number of hydrogen-bond acceptors (Lipinski definition) is 4. The highest BCUT2D eigenvalue weighted by Crippen LogP contribution is 2.29. The molecule has 0 saturated carbocycles. The monoisotopic (exact) mass is 305 g/mol. The van der Waals surface area contributed by atoms with Crippen molar-refractivity contribution in [3.63, 3.8) is 0 Å². The van der Waals surface area contributed by atoms with Gasteiger partial charge in [-0.2, -0.15) is 13.2 Å². The third kappa shape index (κ3) is 4.32. The number of carboxylic acids is 1. The molecule has 118 valence electrons. The number of halogens is 3. The molecule has 0 fully saturated rings. The Labute approximate surface area is 120 Å². The molecule has 0 bridgehead atoms. The Balaban J connectivity index is 3.11.